The zero-order valence-corrected chi connectivity index (χ0v) is 15.5. The Bertz CT molecular complexity index is 854. The van der Waals surface area contributed by atoms with E-state index in [-0.39, 0.29) is 24.2 Å². The Hall–Kier alpha value is -2.93. The van der Waals surface area contributed by atoms with Crippen molar-refractivity contribution in [2.24, 2.45) is 0 Å². The van der Waals surface area contributed by atoms with Crippen LogP contribution >= 0.6 is 0 Å². The van der Waals surface area contributed by atoms with Crippen molar-refractivity contribution in [1.29, 1.82) is 0 Å². The van der Waals surface area contributed by atoms with Crippen molar-refractivity contribution < 1.29 is 18.7 Å². The lowest BCUT2D eigenvalue weighted by Crippen LogP contribution is -2.42. The van der Waals surface area contributed by atoms with E-state index < -0.39 is 6.10 Å². The molecule has 0 fully saturated rings. The van der Waals surface area contributed by atoms with E-state index in [2.05, 4.69) is 5.32 Å². The van der Waals surface area contributed by atoms with Gasteiger partial charge in [-0.2, -0.15) is 0 Å². The number of halogens is 1. The maximum atomic E-state index is 13.0. The van der Waals surface area contributed by atoms with E-state index in [9.17, 15) is 14.0 Å². The fraction of sp³-hybridized carbons (Fsp3) is 0.300. The summed E-state index contributed by atoms with van der Waals surface area (Å²) in [7, 11) is 3.50. The summed E-state index contributed by atoms with van der Waals surface area (Å²) < 4.78 is 18.5. The quantitative estimate of drug-likeness (QED) is 0.878. The van der Waals surface area contributed by atoms with Gasteiger partial charge in [0, 0.05) is 19.3 Å². The first kappa shape index (κ1) is 18.8. The highest BCUT2D eigenvalue weighted by atomic mass is 19.1. The van der Waals surface area contributed by atoms with Crippen molar-refractivity contribution in [3.8, 4) is 5.75 Å². The smallest absolute Gasteiger partial charge is 0.267 e. The zero-order chi connectivity index (χ0) is 19.6. The van der Waals surface area contributed by atoms with Crippen molar-refractivity contribution in [3.63, 3.8) is 0 Å². The minimum Gasteiger partial charge on any atom is -0.479 e. The first-order chi connectivity index (χ1) is 12.8. The molecule has 0 saturated heterocycles. The molecule has 2 aromatic rings. The summed E-state index contributed by atoms with van der Waals surface area (Å²) >= 11 is 0. The predicted octanol–water partition coefficient (Wildman–Crippen LogP) is 2.64. The highest BCUT2D eigenvalue weighted by Crippen LogP contribution is 2.35. The normalized spacial score (nSPS) is 16.1. The lowest BCUT2D eigenvalue weighted by Gasteiger charge is -2.30. The minimum atomic E-state index is -0.525. The van der Waals surface area contributed by atoms with Gasteiger partial charge in [-0.15, -0.1) is 0 Å². The van der Waals surface area contributed by atoms with Crippen LogP contribution in [0.4, 0.5) is 15.8 Å². The van der Waals surface area contributed by atoms with Gasteiger partial charge in [0.15, 0.2) is 6.10 Å². The standard InChI is InChI=1S/C20H22FN3O3/c1-13-20(26)24(3)17-10-16(8-9-18(17)27-13)22-19(25)12-23(2)11-14-4-6-15(21)7-5-14/h4-10,13H,11-12H2,1-3H3,(H,22,25). The van der Waals surface area contributed by atoms with E-state index >= 15 is 0 Å². The second kappa shape index (κ2) is 7.75. The first-order valence-corrected chi connectivity index (χ1v) is 8.64. The predicted molar refractivity (Wildman–Crippen MR) is 101 cm³/mol. The van der Waals surface area contributed by atoms with E-state index in [4.69, 9.17) is 4.74 Å². The molecule has 0 saturated carbocycles. The summed E-state index contributed by atoms with van der Waals surface area (Å²) in [6.45, 7) is 2.41. The van der Waals surface area contributed by atoms with E-state index in [1.165, 1.54) is 17.0 Å². The number of carbonyl (C=O) groups excluding carboxylic acids is 2. The number of carbonyl (C=O) groups is 2. The SMILES string of the molecule is CC1Oc2ccc(NC(=O)CN(C)Cc3ccc(F)cc3)cc2N(C)C1=O. The summed E-state index contributed by atoms with van der Waals surface area (Å²) in [5, 5.41) is 2.83. The van der Waals surface area contributed by atoms with Gasteiger partial charge >= 0.3 is 0 Å². The highest BCUT2D eigenvalue weighted by Gasteiger charge is 2.29. The number of nitrogens with one attached hydrogen (secondary N) is 1. The number of hydrogen-bond donors (Lipinski definition) is 1. The number of fused-ring (bicyclic) bond motifs is 1. The number of anilines is 2. The van der Waals surface area contributed by atoms with Gasteiger partial charge in [-0.25, -0.2) is 4.39 Å². The average molecular weight is 371 g/mol. The molecule has 7 heteroatoms. The molecule has 6 nitrogen and oxygen atoms in total. The molecule has 27 heavy (non-hydrogen) atoms. The molecule has 0 radical (unpaired) electrons. The molecule has 0 aliphatic carbocycles. The molecular formula is C20H22FN3O3. The molecule has 0 spiro atoms. The van der Waals surface area contributed by atoms with Crippen LogP contribution in [0.15, 0.2) is 42.5 Å². The van der Waals surface area contributed by atoms with Gasteiger partial charge in [-0.05, 0) is 49.9 Å². The van der Waals surface area contributed by atoms with Crippen LogP contribution in [0.1, 0.15) is 12.5 Å². The Kier molecular flexibility index (Phi) is 5.41. The van der Waals surface area contributed by atoms with Crippen LogP contribution in [0.2, 0.25) is 0 Å². The molecule has 1 atom stereocenters. The average Bonchev–Trinajstić information content (AvgIpc) is 2.62. The Morgan fingerprint density at radius 2 is 1.96 bits per heavy atom. The molecule has 2 aromatic carbocycles. The maximum Gasteiger partial charge on any atom is 0.267 e. The second-order valence-corrected chi connectivity index (χ2v) is 6.69. The molecule has 1 N–H and O–H groups in total. The Labute approximate surface area is 157 Å². The number of amides is 2. The molecule has 1 aliphatic heterocycles. The van der Waals surface area contributed by atoms with Gasteiger partial charge in [0.2, 0.25) is 5.91 Å². The largest absolute Gasteiger partial charge is 0.479 e. The molecule has 1 aliphatic rings. The summed E-state index contributed by atoms with van der Waals surface area (Å²) in [5.74, 6) is 0.00745. The van der Waals surface area contributed by atoms with Gasteiger partial charge in [0.05, 0.1) is 12.2 Å². The van der Waals surface area contributed by atoms with Gasteiger partial charge in [0.1, 0.15) is 11.6 Å². The number of nitrogens with zero attached hydrogens (tertiary/aromatic N) is 2. The summed E-state index contributed by atoms with van der Waals surface area (Å²) in [5.41, 5.74) is 2.13. The lowest BCUT2D eigenvalue weighted by atomic mass is 10.2. The van der Waals surface area contributed by atoms with Gasteiger partial charge < -0.3 is 15.0 Å². The lowest BCUT2D eigenvalue weighted by molar-refractivity contribution is -0.125. The zero-order valence-electron chi connectivity index (χ0n) is 15.5. The van der Waals surface area contributed by atoms with Crippen LogP contribution in [-0.4, -0.2) is 43.5 Å². The van der Waals surface area contributed by atoms with Crippen molar-refractivity contribution in [1.82, 2.24) is 4.90 Å². The Balaban J connectivity index is 1.61. The number of hydrogen-bond acceptors (Lipinski definition) is 4. The number of ether oxygens (including phenoxy) is 1. The van der Waals surface area contributed by atoms with Crippen LogP contribution in [0.25, 0.3) is 0 Å². The van der Waals surface area contributed by atoms with Crippen molar-refractivity contribution >= 4 is 23.2 Å². The third kappa shape index (κ3) is 4.43. The van der Waals surface area contributed by atoms with Crippen LogP contribution in [0.3, 0.4) is 0 Å². The van der Waals surface area contributed by atoms with Crippen molar-refractivity contribution in [2.45, 2.75) is 19.6 Å². The maximum absolute atomic E-state index is 13.0. The van der Waals surface area contributed by atoms with Crippen LogP contribution in [0, 0.1) is 5.82 Å². The molecule has 0 bridgehead atoms. The molecular weight excluding hydrogens is 349 g/mol. The molecule has 3 rings (SSSR count). The Morgan fingerprint density at radius 3 is 2.67 bits per heavy atom. The minimum absolute atomic E-state index is 0.134. The van der Waals surface area contributed by atoms with E-state index in [1.54, 1.807) is 44.3 Å². The third-order valence-electron chi connectivity index (χ3n) is 4.37. The topological polar surface area (TPSA) is 61.9 Å². The number of benzene rings is 2. The van der Waals surface area contributed by atoms with E-state index in [0.29, 0.717) is 23.7 Å². The second-order valence-electron chi connectivity index (χ2n) is 6.69. The van der Waals surface area contributed by atoms with E-state index in [1.807, 2.05) is 11.9 Å². The van der Waals surface area contributed by atoms with Gasteiger partial charge in [-0.1, -0.05) is 12.1 Å². The molecule has 142 valence electrons. The van der Waals surface area contributed by atoms with Crippen molar-refractivity contribution in [2.75, 3.05) is 30.9 Å². The molecule has 1 unspecified atom stereocenters. The fourth-order valence-corrected chi connectivity index (χ4v) is 2.99. The third-order valence-corrected chi connectivity index (χ3v) is 4.37. The Morgan fingerprint density at radius 1 is 1.26 bits per heavy atom. The summed E-state index contributed by atoms with van der Waals surface area (Å²) in [6, 6.07) is 11.4. The number of rotatable bonds is 5. The fourth-order valence-electron chi connectivity index (χ4n) is 2.99. The van der Waals surface area contributed by atoms with Gasteiger partial charge in [0.25, 0.3) is 5.91 Å². The summed E-state index contributed by atoms with van der Waals surface area (Å²) in [6.07, 6.45) is -0.525. The molecule has 0 aromatic heterocycles. The highest BCUT2D eigenvalue weighted by molar-refractivity contribution is 6.00. The van der Waals surface area contributed by atoms with Crippen LogP contribution in [0.5, 0.6) is 5.75 Å². The summed E-state index contributed by atoms with van der Waals surface area (Å²) in [4.78, 5) is 27.7. The van der Waals surface area contributed by atoms with E-state index in [0.717, 1.165) is 5.56 Å². The van der Waals surface area contributed by atoms with Gasteiger partial charge in [-0.3, -0.25) is 14.5 Å². The number of likely N-dealkylation sites (N-methyl/N-ethyl adjacent to an activating group) is 2. The molecule has 2 amide bonds. The van der Waals surface area contributed by atoms with Crippen molar-refractivity contribution in [3.05, 3.63) is 53.8 Å². The first-order valence-electron chi connectivity index (χ1n) is 8.64. The monoisotopic (exact) mass is 371 g/mol. The van der Waals surface area contributed by atoms with Crippen LogP contribution < -0.4 is 15.0 Å². The van der Waals surface area contributed by atoms with Crippen LogP contribution in [-0.2, 0) is 16.1 Å². The molecule has 1 heterocycles.